The molecule has 1 aromatic heterocycles. The fourth-order valence-electron chi connectivity index (χ4n) is 1.38. The fraction of sp³-hybridized carbons (Fsp3) is 0.545. The normalized spacial score (nSPS) is 15.2. The minimum atomic E-state index is -0.937. The zero-order valence-electron chi connectivity index (χ0n) is 9.36. The van der Waals surface area contributed by atoms with Gasteiger partial charge in [0.1, 0.15) is 11.2 Å². The number of furan rings is 1. The van der Waals surface area contributed by atoms with Crippen LogP contribution in [0.3, 0.4) is 0 Å². The van der Waals surface area contributed by atoms with Crippen LogP contribution in [0.4, 0.5) is 0 Å². The Labute approximate surface area is 89.5 Å². The van der Waals surface area contributed by atoms with Crippen LogP contribution in [0.25, 0.3) is 0 Å². The largest absolute Gasteiger partial charge is 0.480 e. The first-order valence-corrected chi connectivity index (χ1v) is 4.89. The van der Waals surface area contributed by atoms with E-state index in [-0.39, 0.29) is 0 Å². The molecule has 84 valence electrons. The molecule has 0 aliphatic rings. The molecule has 0 bridgehead atoms. The van der Waals surface area contributed by atoms with E-state index in [4.69, 9.17) is 4.42 Å². The molecule has 1 atom stereocenters. The molecular formula is C11H17NO3. The summed E-state index contributed by atoms with van der Waals surface area (Å²) in [6.07, 6.45) is 2.04. The summed E-state index contributed by atoms with van der Waals surface area (Å²) in [5.41, 5.74) is -0.937. The van der Waals surface area contributed by atoms with Crippen molar-refractivity contribution in [1.82, 2.24) is 4.90 Å². The Bertz CT molecular complexity index is 319. The van der Waals surface area contributed by atoms with E-state index >= 15 is 0 Å². The molecule has 0 aliphatic carbocycles. The Balaban J connectivity index is 2.85. The van der Waals surface area contributed by atoms with Gasteiger partial charge in [-0.15, -0.1) is 0 Å². The minimum Gasteiger partial charge on any atom is -0.480 e. The molecule has 1 N–H and O–H groups in total. The maximum Gasteiger partial charge on any atom is 0.317 e. The van der Waals surface area contributed by atoms with Gasteiger partial charge in [-0.05, 0) is 46.1 Å². The lowest BCUT2D eigenvalue weighted by Crippen LogP contribution is -2.35. The number of carboxylic acids is 1. The van der Waals surface area contributed by atoms with Crippen molar-refractivity contribution in [1.29, 1.82) is 0 Å². The Morgan fingerprint density at radius 2 is 2.27 bits per heavy atom. The Morgan fingerprint density at radius 3 is 2.67 bits per heavy atom. The van der Waals surface area contributed by atoms with E-state index in [1.165, 1.54) is 6.26 Å². The quantitative estimate of drug-likeness (QED) is 0.803. The fourth-order valence-corrected chi connectivity index (χ4v) is 1.38. The van der Waals surface area contributed by atoms with Gasteiger partial charge in [-0.3, -0.25) is 4.79 Å². The van der Waals surface area contributed by atoms with E-state index in [0.29, 0.717) is 18.7 Å². The summed E-state index contributed by atoms with van der Waals surface area (Å²) in [4.78, 5) is 13.2. The van der Waals surface area contributed by atoms with Crippen molar-refractivity contribution >= 4 is 5.97 Å². The lowest BCUT2D eigenvalue weighted by Gasteiger charge is -2.24. The first-order chi connectivity index (χ1) is 6.97. The molecule has 0 radical (unpaired) electrons. The van der Waals surface area contributed by atoms with Crippen molar-refractivity contribution in [2.75, 3.05) is 20.6 Å². The van der Waals surface area contributed by atoms with Crippen LogP contribution in [0.1, 0.15) is 19.1 Å². The van der Waals surface area contributed by atoms with Crippen LogP contribution in [0, 0.1) is 0 Å². The Morgan fingerprint density at radius 1 is 1.60 bits per heavy atom. The summed E-state index contributed by atoms with van der Waals surface area (Å²) in [6.45, 7) is 2.40. The maximum atomic E-state index is 11.3. The molecule has 1 unspecified atom stereocenters. The monoisotopic (exact) mass is 211 g/mol. The van der Waals surface area contributed by atoms with Gasteiger partial charge in [0.25, 0.3) is 0 Å². The third-order valence-corrected chi connectivity index (χ3v) is 2.60. The van der Waals surface area contributed by atoms with E-state index in [9.17, 15) is 9.90 Å². The molecule has 0 fully saturated rings. The van der Waals surface area contributed by atoms with Crippen LogP contribution < -0.4 is 0 Å². The SMILES string of the molecule is CN(C)CCC(C)(C(=O)O)c1ccco1. The lowest BCUT2D eigenvalue weighted by atomic mass is 9.84. The number of hydrogen-bond acceptors (Lipinski definition) is 3. The van der Waals surface area contributed by atoms with E-state index in [1.807, 2.05) is 19.0 Å². The van der Waals surface area contributed by atoms with Crippen LogP contribution >= 0.6 is 0 Å². The molecule has 4 heteroatoms. The number of rotatable bonds is 5. The third kappa shape index (κ3) is 2.59. The number of nitrogens with zero attached hydrogens (tertiary/aromatic N) is 1. The van der Waals surface area contributed by atoms with Gasteiger partial charge in [-0.2, -0.15) is 0 Å². The van der Waals surface area contributed by atoms with Gasteiger partial charge < -0.3 is 14.4 Å². The van der Waals surface area contributed by atoms with Crippen molar-refractivity contribution in [2.45, 2.75) is 18.8 Å². The highest BCUT2D eigenvalue weighted by Gasteiger charge is 2.37. The second kappa shape index (κ2) is 4.49. The molecule has 1 rings (SSSR count). The third-order valence-electron chi connectivity index (χ3n) is 2.60. The molecule has 0 saturated heterocycles. The molecule has 1 heterocycles. The summed E-state index contributed by atoms with van der Waals surface area (Å²) >= 11 is 0. The minimum absolute atomic E-state index is 0.511. The van der Waals surface area contributed by atoms with Crippen molar-refractivity contribution in [3.8, 4) is 0 Å². The smallest absolute Gasteiger partial charge is 0.317 e. The zero-order chi connectivity index (χ0) is 11.5. The second-order valence-corrected chi connectivity index (χ2v) is 4.17. The molecule has 15 heavy (non-hydrogen) atoms. The molecule has 0 amide bonds. The van der Waals surface area contributed by atoms with Gasteiger partial charge in [0.2, 0.25) is 0 Å². The first kappa shape index (κ1) is 11.8. The summed E-state index contributed by atoms with van der Waals surface area (Å²) in [5, 5.41) is 9.24. The highest BCUT2D eigenvalue weighted by atomic mass is 16.4. The average molecular weight is 211 g/mol. The van der Waals surface area contributed by atoms with Gasteiger partial charge in [0.15, 0.2) is 0 Å². The number of carboxylic acid groups (broad SMARTS) is 1. The van der Waals surface area contributed by atoms with E-state index in [1.54, 1.807) is 19.1 Å². The van der Waals surface area contributed by atoms with Crippen LogP contribution in [-0.2, 0) is 10.2 Å². The van der Waals surface area contributed by atoms with E-state index in [0.717, 1.165) is 0 Å². The van der Waals surface area contributed by atoms with Crippen molar-refractivity contribution in [3.05, 3.63) is 24.2 Å². The summed E-state index contributed by atoms with van der Waals surface area (Å²) < 4.78 is 5.19. The van der Waals surface area contributed by atoms with Gasteiger partial charge in [-0.25, -0.2) is 0 Å². The second-order valence-electron chi connectivity index (χ2n) is 4.17. The Kier molecular flexibility index (Phi) is 3.52. The van der Waals surface area contributed by atoms with E-state index < -0.39 is 11.4 Å². The van der Waals surface area contributed by atoms with Crippen LogP contribution in [0.5, 0.6) is 0 Å². The summed E-state index contributed by atoms with van der Waals surface area (Å²) in [6, 6.07) is 3.43. The molecule has 0 aliphatic heterocycles. The molecule has 0 saturated carbocycles. The summed E-state index contributed by atoms with van der Waals surface area (Å²) in [5.74, 6) is -0.337. The van der Waals surface area contributed by atoms with Gasteiger partial charge in [0, 0.05) is 0 Å². The van der Waals surface area contributed by atoms with Crippen LogP contribution in [0.2, 0.25) is 0 Å². The predicted molar refractivity (Wildman–Crippen MR) is 56.9 cm³/mol. The standard InChI is InChI=1S/C11H17NO3/c1-11(10(13)14,6-7-12(2)3)9-5-4-8-15-9/h4-5,8H,6-7H2,1-3H3,(H,13,14). The summed E-state index contributed by atoms with van der Waals surface area (Å²) in [7, 11) is 3.84. The Hall–Kier alpha value is -1.29. The molecule has 4 nitrogen and oxygen atoms in total. The number of carbonyl (C=O) groups is 1. The van der Waals surface area contributed by atoms with Gasteiger partial charge in [-0.1, -0.05) is 0 Å². The maximum absolute atomic E-state index is 11.3. The molecule has 0 aromatic carbocycles. The average Bonchev–Trinajstić information content (AvgIpc) is 2.66. The number of aliphatic carboxylic acids is 1. The molecule has 1 aromatic rings. The van der Waals surface area contributed by atoms with E-state index in [2.05, 4.69) is 0 Å². The highest BCUT2D eigenvalue weighted by molar-refractivity contribution is 5.79. The van der Waals surface area contributed by atoms with Crippen molar-refractivity contribution < 1.29 is 14.3 Å². The van der Waals surface area contributed by atoms with Gasteiger partial charge >= 0.3 is 5.97 Å². The van der Waals surface area contributed by atoms with Crippen LogP contribution in [-0.4, -0.2) is 36.6 Å². The zero-order valence-corrected chi connectivity index (χ0v) is 9.36. The van der Waals surface area contributed by atoms with Crippen LogP contribution in [0.15, 0.2) is 22.8 Å². The van der Waals surface area contributed by atoms with Crippen molar-refractivity contribution in [2.24, 2.45) is 0 Å². The molecular weight excluding hydrogens is 194 g/mol. The van der Waals surface area contributed by atoms with Gasteiger partial charge in [0.05, 0.1) is 6.26 Å². The topological polar surface area (TPSA) is 53.7 Å². The van der Waals surface area contributed by atoms with Crippen molar-refractivity contribution in [3.63, 3.8) is 0 Å². The lowest BCUT2D eigenvalue weighted by molar-refractivity contribution is -0.144. The highest BCUT2D eigenvalue weighted by Crippen LogP contribution is 2.28. The predicted octanol–water partition coefficient (Wildman–Crippen LogP) is 1.57. The first-order valence-electron chi connectivity index (χ1n) is 4.89. The molecule has 0 spiro atoms. The number of hydrogen-bond donors (Lipinski definition) is 1.